The van der Waals surface area contributed by atoms with Crippen LogP contribution in [0.3, 0.4) is 0 Å². The molecule has 1 rings (SSSR count). The number of thiophene rings is 1. The summed E-state index contributed by atoms with van der Waals surface area (Å²) < 4.78 is 22.8. The third-order valence-corrected chi connectivity index (χ3v) is 6.51. The van der Waals surface area contributed by atoms with Gasteiger partial charge < -0.3 is 4.90 Å². The maximum atomic E-state index is 12.2. The van der Waals surface area contributed by atoms with E-state index < -0.39 is 20.5 Å². The van der Waals surface area contributed by atoms with Gasteiger partial charge in [-0.3, -0.25) is 4.79 Å². The third kappa shape index (κ3) is 3.33. The summed E-state index contributed by atoms with van der Waals surface area (Å²) in [6.45, 7) is 3.28. The lowest BCUT2D eigenvalue weighted by Crippen LogP contribution is -2.47. The minimum Gasteiger partial charge on any atom is -0.339 e. The Hall–Kier alpha value is -0.400. The first-order valence-corrected chi connectivity index (χ1v) is 8.80. The number of carbonyl (C=O) groups is 1. The topological polar surface area (TPSA) is 54.5 Å². The highest BCUT2D eigenvalue weighted by molar-refractivity contribution is 9.10. The van der Waals surface area contributed by atoms with Crippen LogP contribution in [0.5, 0.6) is 0 Å². The van der Waals surface area contributed by atoms with Crippen molar-refractivity contribution < 1.29 is 13.2 Å². The van der Waals surface area contributed by atoms with Crippen molar-refractivity contribution in [2.45, 2.75) is 25.1 Å². The monoisotopic (exact) mass is 353 g/mol. The van der Waals surface area contributed by atoms with Crippen molar-refractivity contribution in [2.24, 2.45) is 0 Å². The summed E-state index contributed by atoms with van der Waals surface area (Å²) in [5, 5.41) is 1.93. The van der Waals surface area contributed by atoms with Crippen LogP contribution in [-0.2, 0) is 21.2 Å². The van der Waals surface area contributed by atoms with Crippen LogP contribution < -0.4 is 0 Å². The van der Waals surface area contributed by atoms with Crippen LogP contribution in [0.4, 0.5) is 0 Å². The van der Waals surface area contributed by atoms with Crippen molar-refractivity contribution in [1.82, 2.24) is 4.90 Å². The molecule has 0 spiro atoms. The molecule has 7 heteroatoms. The molecule has 0 aliphatic rings. The van der Waals surface area contributed by atoms with Crippen molar-refractivity contribution >= 4 is 43.0 Å². The lowest BCUT2D eigenvalue weighted by atomic mass is 10.2. The molecular weight excluding hydrogens is 338 g/mol. The van der Waals surface area contributed by atoms with Crippen molar-refractivity contribution in [3.63, 3.8) is 0 Å². The molecule has 0 fully saturated rings. The van der Waals surface area contributed by atoms with Gasteiger partial charge in [0.05, 0.1) is 6.54 Å². The molecular formula is C11H16BrNO3S2. The zero-order valence-electron chi connectivity index (χ0n) is 10.7. The highest BCUT2D eigenvalue weighted by atomic mass is 79.9. The number of hydrogen-bond acceptors (Lipinski definition) is 4. The predicted octanol–water partition coefficient (Wildman–Crippen LogP) is 2.29. The van der Waals surface area contributed by atoms with Gasteiger partial charge in [-0.1, -0.05) is 0 Å². The number of carbonyl (C=O) groups excluding carboxylic acids is 1. The molecule has 1 amide bonds. The Balaban J connectivity index is 2.85. The van der Waals surface area contributed by atoms with Gasteiger partial charge in [-0.15, -0.1) is 11.3 Å². The number of halogens is 1. The molecule has 0 saturated carbocycles. The van der Waals surface area contributed by atoms with E-state index in [1.165, 1.54) is 30.1 Å². The van der Waals surface area contributed by atoms with Gasteiger partial charge in [-0.05, 0) is 35.8 Å². The molecule has 1 aromatic heterocycles. The van der Waals surface area contributed by atoms with Gasteiger partial charge >= 0.3 is 0 Å². The van der Waals surface area contributed by atoms with E-state index in [-0.39, 0.29) is 0 Å². The Labute approximate surface area is 120 Å². The summed E-state index contributed by atoms with van der Waals surface area (Å²) in [5.41, 5.74) is 0. The Bertz CT molecular complexity index is 548. The molecule has 4 nitrogen and oxygen atoms in total. The van der Waals surface area contributed by atoms with Crippen molar-refractivity contribution in [2.75, 3.05) is 13.3 Å². The fourth-order valence-corrected chi connectivity index (χ4v) is 3.34. The van der Waals surface area contributed by atoms with Crippen LogP contribution in [-0.4, -0.2) is 37.3 Å². The van der Waals surface area contributed by atoms with Gasteiger partial charge in [-0.25, -0.2) is 8.42 Å². The maximum absolute atomic E-state index is 12.2. The van der Waals surface area contributed by atoms with Crippen molar-refractivity contribution in [1.29, 1.82) is 0 Å². The molecule has 0 saturated heterocycles. The molecule has 1 heterocycles. The van der Waals surface area contributed by atoms with E-state index in [0.29, 0.717) is 6.54 Å². The highest BCUT2D eigenvalue weighted by Crippen LogP contribution is 2.23. The van der Waals surface area contributed by atoms with E-state index in [9.17, 15) is 13.2 Å². The first-order chi connectivity index (χ1) is 8.05. The third-order valence-electron chi connectivity index (χ3n) is 2.80. The van der Waals surface area contributed by atoms with E-state index in [4.69, 9.17) is 0 Å². The number of sulfone groups is 1. The molecule has 0 aromatic carbocycles. The largest absolute Gasteiger partial charge is 0.339 e. The van der Waals surface area contributed by atoms with Crippen molar-refractivity contribution in [3.8, 4) is 0 Å². The fraction of sp³-hybridized carbons (Fsp3) is 0.545. The molecule has 0 radical (unpaired) electrons. The minimum absolute atomic E-state index is 0.394. The summed E-state index contributed by atoms with van der Waals surface area (Å²) in [4.78, 5) is 14.6. The molecule has 0 unspecified atom stereocenters. The summed E-state index contributed by atoms with van der Waals surface area (Å²) >= 11 is 4.86. The van der Waals surface area contributed by atoms with E-state index in [1.54, 1.807) is 7.05 Å². The second-order valence-electron chi connectivity index (χ2n) is 4.67. The number of hydrogen-bond donors (Lipinski definition) is 0. The second-order valence-corrected chi connectivity index (χ2v) is 9.15. The molecule has 0 N–H and O–H groups in total. The second kappa shape index (κ2) is 5.30. The lowest BCUT2D eigenvalue weighted by Gasteiger charge is -2.27. The number of amides is 1. The van der Waals surface area contributed by atoms with Crippen LogP contribution in [0, 0.1) is 0 Å². The van der Waals surface area contributed by atoms with Gasteiger partial charge in [0.1, 0.15) is 4.75 Å². The zero-order chi connectivity index (χ0) is 14.1. The number of rotatable bonds is 4. The van der Waals surface area contributed by atoms with Gasteiger partial charge in [0, 0.05) is 28.0 Å². The SMILES string of the molecule is CN(Cc1cc(Br)cs1)C(=O)C(C)(C)S(C)(=O)=O. The molecule has 0 bridgehead atoms. The number of nitrogens with zero attached hydrogens (tertiary/aromatic N) is 1. The average Bonchev–Trinajstić information content (AvgIpc) is 2.61. The summed E-state index contributed by atoms with van der Waals surface area (Å²) in [6.07, 6.45) is 1.08. The Morgan fingerprint density at radius 1 is 1.50 bits per heavy atom. The summed E-state index contributed by atoms with van der Waals surface area (Å²) in [5.74, 6) is -0.394. The van der Waals surface area contributed by atoms with E-state index in [0.717, 1.165) is 15.6 Å². The predicted molar refractivity (Wildman–Crippen MR) is 77.4 cm³/mol. The van der Waals surface area contributed by atoms with Crippen LogP contribution in [0.2, 0.25) is 0 Å². The first-order valence-electron chi connectivity index (χ1n) is 5.24. The van der Waals surface area contributed by atoms with E-state index in [1.807, 2.05) is 11.4 Å². The molecule has 1 aromatic rings. The Kier molecular flexibility index (Phi) is 4.61. The van der Waals surface area contributed by atoms with E-state index in [2.05, 4.69) is 15.9 Å². The normalized spacial score (nSPS) is 12.5. The minimum atomic E-state index is -3.43. The smallest absolute Gasteiger partial charge is 0.243 e. The molecule has 18 heavy (non-hydrogen) atoms. The van der Waals surface area contributed by atoms with Gasteiger partial charge in [-0.2, -0.15) is 0 Å². The van der Waals surface area contributed by atoms with Crippen LogP contribution in [0.15, 0.2) is 15.9 Å². The molecule has 0 atom stereocenters. The average molecular weight is 354 g/mol. The zero-order valence-corrected chi connectivity index (χ0v) is 13.9. The molecule has 0 aliphatic carbocycles. The first kappa shape index (κ1) is 15.7. The lowest BCUT2D eigenvalue weighted by molar-refractivity contribution is -0.132. The quantitative estimate of drug-likeness (QED) is 0.834. The van der Waals surface area contributed by atoms with Crippen LogP contribution >= 0.6 is 27.3 Å². The van der Waals surface area contributed by atoms with Gasteiger partial charge in [0.25, 0.3) is 0 Å². The van der Waals surface area contributed by atoms with Gasteiger partial charge in [0.15, 0.2) is 9.84 Å². The van der Waals surface area contributed by atoms with Crippen molar-refractivity contribution in [3.05, 3.63) is 20.8 Å². The van der Waals surface area contributed by atoms with E-state index >= 15 is 0 Å². The van der Waals surface area contributed by atoms with Crippen LogP contribution in [0.1, 0.15) is 18.7 Å². The summed E-state index contributed by atoms with van der Waals surface area (Å²) in [6, 6.07) is 1.92. The molecule has 102 valence electrons. The maximum Gasteiger partial charge on any atom is 0.243 e. The fourth-order valence-electron chi connectivity index (χ4n) is 1.36. The highest BCUT2D eigenvalue weighted by Gasteiger charge is 2.40. The Morgan fingerprint density at radius 3 is 2.44 bits per heavy atom. The van der Waals surface area contributed by atoms with Crippen LogP contribution in [0.25, 0.3) is 0 Å². The van der Waals surface area contributed by atoms with Gasteiger partial charge in [0.2, 0.25) is 5.91 Å². The Morgan fingerprint density at radius 2 is 2.06 bits per heavy atom. The molecule has 0 aliphatic heterocycles. The summed E-state index contributed by atoms with van der Waals surface area (Å²) in [7, 11) is -1.82. The standard InChI is InChI=1S/C11H16BrNO3S2/c1-11(2,18(4,15)16)10(14)13(3)6-9-5-8(12)7-17-9/h5,7H,6H2,1-4H3.